The van der Waals surface area contributed by atoms with Crippen LogP contribution in [0.2, 0.25) is 15.3 Å². The minimum atomic E-state index is 0.388. The summed E-state index contributed by atoms with van der Waals surface area (Å²) < 4.78 is 0. The fourth-order valence-electron chi connectivity index (χ4n) is 1.83. The van der Waals surface area contributed by atoms with Gasteiger partial charge in [-0.25, -0.2) is 9.97 Å². The van der Waals surface area contributed by atoms with Crippen LogP contribution >= 0.6 is 34.8 Å². The number of hydrogen-bond donors (Lipinski definition) is 0. The Hall–Kier alpha value is -0.830. The van der Waals surface area contributed by atoms with Crippen molar-refractivity contribution in [3.05, 3.63) is 45.4 Å². The predicted molar refractivity (Wildman–Crippen MR) is 74.5 cm³/mol. The van der Waals surface area contributed by atoms with Crippen molar-refractivity contribution < 1.29 is 0 Å². The molecule has 1 heterocycles. The van der Waals surface area contributed by atoms with Crippen LogP contribution in [0.1, 0.15) is 24.6 Å². The molecule has 0 amide bonds. The van der Waals surface area contributed by atoms with Crippen molar-refractivity contribution in [1.29, 1.82) is 0 Å². The minimum absolute atomic E-state index is 0.388. The van der Waals surface area contributed by atoms with Gasteiger partial charge in [-0.05, 0) is 30.5 Å². The van der Waals surface area contributed by atoms with E-state index in [1.807, 2.05) is 12.1 Å². The summed E-state index contributed by atoms with van der Waals surface area (Å²) in [6.07, 6.45) is 2.23. The van der Waals surface area contributed by atoms with Crippen LogP contribution in [-0.4, -0.2) is 9.97 Å². The quantitative estimate of drug-likeness (QED) is 0.731. The molecule has 2 aromatic rings. The highest BCUT2D eigenvalue weighted by Crippen LogP contribution is 2.41. The third kappa shape index (κ3) is 2.33. The number of aromatic nitrogens is 2. The summed E-state index contributed by atoms with van der Waals surface area (Å²) in [5, 5.41) is 1.41. The average Bonchev–Trinajstić information content (AvgIpc) is 3.11. The van der Waals surface area contributed by atoms with Gasteiger partial charge in [-0.3, -0.25) is 0 Å². The first-order valence-corrected chi connectivity index (χ1v) is 6.77. The maximum absolute atomic E-state index is 6.21. The van der Waals surface area contributed by atoms with Gasteiger partial charge < -0.3 is 0 Å². The monoisotopic (exact) mass is 298 g/mol. The maximum atomic E-state index is 6.21. The maximum Gasteiger partial charge on any atom is 0.142 e. The Kier molecular flexibility index (Phi) is 3.18. The summed E-state index contributed by atoms with van der Waals surface area (Å²) in [5.74, 6) is 1.17. The molecule has 5 heteroatoms. The van der Waals surface area contributed by atoms with Crippen molar-refractivity contribution in [2.45, 2.75) is 18.8 Å². The zero-order chi connectivity index (χ0) is 12.7. The van der Waals surface area contributed by atoms with Crippen molar-refractivity contribution in [3.8, 4) is 11.1 Å². The molecule has 0 bridgehead atoms. The largest absolute Gasteiger partial charge is 0.220 e. The smallest absolute Gasteiger partial charge is 0.142 e. The number of halogens is 3. The summed E-state index contributed by atoms with van der Waals surface area (Å²) in [7, 11) is 0. The third-order valence-electron chi connectivity index (χ3n) is 2.89. The lowest BCUT2D eigenvalue weighted by atomic mass is 10.1. The second-order valence-corrected chi connectivity index (χ2v) is 5.48. The molecule has 1 fully saturated rings. The Balaban J connectivity index is 2.11. The second kappa shape index (κ2) is 4.69. The number of rotatable bonds is 2. The highest BCUT2D eigenvalue weighted by Gasteiger charge is 2.28. The van der Waals surface area contributed by atoms with E-state index in [1.165, 1.54) is 0 Å². The van der Waals surface area contributed by atoms with E-state index in [0.717, 1.165) is 24.2 Å². The van der Waals surface area contributed by atoms with Gasteiger partial charge in [0.05, 0.1) is 5.56 Å². The van der Waals surface area contributed by atoms with E-state index in [2.05, 4.69) is 9.97 Å². The summed E-state index contributed by atoms with van der Waals surface area (Å²) in [4.78, 5) is 8.66. The molecule has 3 rings (SSSR count). The summed E-state index contributed by atoms with van der Waals surface area (Å²) in [5.41, 5.74) is 1.48. The summed E-state index contributed by atoms with van der Waals surface area (Å²) in [6, 6.07) is 7.33. The lowest BCUT2D eigenvalue weighted by molar-refractivity contribution is 0.929. The van der Waals surface area contributed by atoms with Crippen LogP contribution < -0.4 is 0 Å². The van der Waals surface area contributed by atoms with Gasteiger partial charge in [0.25, 0.3) is 0 Å². The van der Waals surface area contributed by atoms with Gasteiger partial charge in [0, 0.05) is 10.9 Å². The van der Waals surface area contributed by atoms with E-state index < -0.39 is 0 Å². The average molecular weight is 300 g/mol. The van der Waals surface area contributed by atoms with Gasteiger partial charge in [0.1, 0.15) is 16.1 Å². The molecule has 92 valence electrons. The molecule has 0 radical (unpaired) electrons. The zero-order valence-corrected chi connectivity index (χ0v) is 11.6. The highest BCUT2D eigenvalue weighted by molar-refractivity contribution is 6.38. The normalized spacial score (nSPS) is 14.8. The summed E-state index contributed by atoms with van der Waals surface area (Å²) in [6.45, 7) is 0. The predicted octanol–water partition coefficient (Wildman–Crippen LogP) is 4.98. The molecule has 1 aromatic carbocycles. The molecule has 1 aliphatic carbocycles. The molecule has 0 spiro atoms. The lowest BCUT2D eigenvalue weighted by Gasteiger charge is -2.08. The Morgan fingerprint density at radius 1 is 1.00 bits per heavy atom. The van der Waals surface area contributed by atoms with Crippen LogP contribution in [0.3, 0.4) is 0 Å². The fraction of sp³-hybridized carbons (Fsp3) is 0.231. The molecule has 0 unspecified atom stereocenters. The van der Waals surface area contributed by atoms with Gasteiger partial charge in [-0.2, -0.15) is 0 Å². The molecule has 0 N–H and O–H groups in total. The number of benzene rings is 1. The van der Waals surface area contributed by atoms with Crippen molar-refractivity contribution in [3.63, 3.8) is 0 Å². The van der Waals surface area contributed by atoms with Crippen molar-refractivity contribution in [2.75, 3.05) is 0 Å². The molecule has 2 nitrogen and oxygen atoms in total. The van der Waals surface area contributed by atoms with E-state index in [0.29, 0.717) is 26.8 Å². The van der Waals surface area contributed by atoms with E-state index in [4.69, 9.17) is 34.8 Å². The molecule has 0 atom stereocenters. The molecular formula is C13H9Cl3N2. The molecular weight excluding hydrogens is 291 g/mol. The standard InChI is InChI=1S/C13H9Cl3N2/c14-9-3-1-2-8(6-9)10-11(15)17-13(7-4-5-7)18-12(10)16/h1-3,6-7H,4-5H2. The second-order valence-electron chi connectivity index (χ2n) is 4.32. The van der Waals surface area contributed by atoms with Crippen LogP contribution in [0.4, 0.5) is 0 Å². The molecule has 18 heavy (non-hydrogen) atoms. The zero-order valence-electron chi connectivity index (χ0n) is 9.33. The molecule has 0 saturated heterocycles. The third-order valence-corrected chi connectivity index (χ3v) is 3.68. The molecule has 0 aliphatic heterocycles. The highest BCUT2D eigenvalue weighted by atomic mass is 35.5. The Morgan fingerprint density at radius 2 is 1.67 bits per heavy atom. The van der Waals surface area contributed by atoms with Gasteiger partial charge in [0.15, 0.2) is 0 Å². The van der Waals surface area contributed by atoms with E-state index in [9.17, 15) is 0 Å². The molecule has 1 saturated carbocycles. The van der Waals surface area contributed by atoms with Gasteiger partial charge in [0.2, 0.25) is 0 Å². The first kappa shape index (κ1) is 12.2. The number of hydrogen-bond acceptors (Lipinski definition) is 2. The van der Waals surface area contributed by atoms with Gasteiger partial charge in [-0.1, -0.05) is 46.9 Å². The van der Waals surface area contributed by atoms with E-state index in [1.54, 1.807) is 12.1 Å². The Labute approximate surface area is 120 Å². The topological polar surface area (TPSA) is 25.8 Å². The first-order valence-electron chi connectivity index (χ1n) is 5.64. The molecule has 1 aliphatic rings. The van der Waals surface area contributed by atoms with E-state index >= 15 is 0 Å². The van der Waals surface area contributed by atoms with E-state index in [-0.39, 0.29) is 0 Å². The fourth-order valence-corrected chi connectivity index (χ4v) is 2.64. The number of nitrogens with zero attached hydrogens (tertiary/aromatic N) is 2. The van der Waals surface area contributed by atoms with Crippen LogP contribution in [0.5, 0.6) is 0 Å². The Bertz CT molecular complexity index is 586. The summed E-state index contributed by atoms with van der Waals surface area (Å²) >= 11 is 18.4. The van der Waals surface area contributed by atoms with Crippen molar-refractivity contribution >= 4 is 34.8 Å². The van der Waals surface area contributed by atoms with Crippen molar-refractivity contribution in [1.82, 2.24) is 9.97 Å². The first-order chi connectivity index (χ1) is 8.65. The van der Waals surface area contributed by atoms with Crippen molar-refractivity contribution in [2.24, 2.45) is 0 Å². The molecule has 1 aromatic heterocycles. The van der Waals surface area contributed by atoms with Crippen LogP contribution in [0.25, 0.3) is 11.1 Å². The Morgan fingerprint density at radius 3 is 2.22 bits per heavy atom. The van der Waals surface area contributed by atoms with Gasteiger partial charge >= 0.3 is 0 Å². The van der Waals surface area contributed by atoms with Crippen LogP contribution in [0.15, 0.2) is 24.3 Å². The van der Waals surface area contributed by atoms with Gasteiger partial charge in [-0.15, -0.1) is 0 Å². The van der Waals surface area contributed by atoms with Crippen LogP contribution in [0, 0.1) is 0 Å². The van der Waals surface area contributed by atoms with Crippen LogP contribution in [-0.2, 0) is 0 Å². The SMILES string of the molecule is Clc1cccc(-c2c(Cl)nc(C3CC3)nc2Cl)c1. The lowest BCUT2D eigenvalue weighted by Crippen LogP contribution is -1.96. The minimum Gasteiger partial charge on any atom is -0.220 e.